The first-order valence-electron chi connectivity index (χ1n) is 12.5. The second-order valence-electron chi connectivity index (χ2n) is 8.99. The van der Waals surface area contributed by atoms with E-state index in [-0.39, 0.29) is 52.6 Å². The van der Waals surface area contributed by atoms with Crippen LogP contribution >= 0.6 is 0 Å². The Morgan fingerprint density at radius 2 is 1.85 bits per heavy atom. The monoisotopic (exact) mass is 553 g/mol. The number of carbonyl (C=O) groups excluding carboxylic acids is 1. The van der Waals surface area contributed by atoms with Crippen molar-refractivity contribution in [1.82, 2.24) is 19.0 Å². The van der Waals surface area contributed by atoms with Gasteiger partial charge in [0.25, 0.3) is 11.3 Å². The van der Waals surface area contributed by atoms with Crippen LogP contribution < -0.4 is 11.3 Å². The number of hydrogen-bond donors (Lipinski definition) is 1. The largest absolute Gasteiger partial charge is 0.465 e. The summed E-state index contributed by atoms with van der Waals surface area (Å²) in [5.74, 6) is -0.336. The molecule has 0 aliphatic rings. The van der Waals surface area contributed by atoms with Gasteiger partial charge in [-0.25, -0.2) is 13.2 Å². The highest BCUT2D eigenvalue weighted by Crippen LogP contribution is 2.31. The van der Waals surface area contributed by atoms with Crippen LogP contribution in [0, 0.1) is 6.92 Å². The van der Waals surface area contributed by atoms with Gasteiger partial charge in [0.2, 0.25) is 10.0 Å². The van der Waals surface area contributed by atoms with Crippen LogP contribution in [0.1, 0.15) is 53.2 Å². The summed E-state index contributed by atoms with van der Waals surface area (Å²) in [5.41, 5.74) is 6.93. The average molecular weight is 554 g/mol. The average Bonchev–Trinajstić information content (AvgIpc) is 3.33. The molecule has 2 N–H and O–H groups in total. The lowest BCUT2D eigenvalue weighted by atomic mass is 10.1. The molecule has 2 heterocycles. The van der Waals surface area contributed by atoms with Crippen LogP contribution in [0.2, 0.25) is 0 Å². The zero-order valence-corrected chi connectivity index (χ0v) is 22.8. The summed E-state index contributed by atoms with van der Waals surface area (Å²) in [7, 11) is -2.86. The number of ether oxygens (including phenoxy) is 1. The van der Waals surface area contributed by atoms with E-state index < -0.39 is 22.0 Å². The number of hydrogen-bond acceptors (Lipinski definition) is 9. The molecule has 0 saturated heterocycles. The van der Waals surface area contributed by atoms with Crippen molar-refractivity contribution in [2.45, 2.75) is 44.2 Å². The number of nitrogens with zero attached hydrogens (tertiary/aromatic N) is 4. The number of sulfonamides is 1. The van der Waals surface area contributed by atoms with Gasteiger partial charge in [0.1, 0.15) is 11.2 Å². The predicted molar refractivity (Wildman–Crippen MR) is 145 cm³/mol. The number of fused-ring (bicyclic) bond motifs is 1. The molecule has 0 saturated carbocycles. The fourth-order valence-corrected chi connectivity index (χ4v) is 6.18. The van der Waals surface area contributed by atoms with E-state index in [1.165, 1.54) is 40.2 Å². The predicted octanol–water partition coefficient (Wildman–Crippen LogP) is 3.02. The van der Waals surface area contributed by atoms with Crippen molar-refractivity contribution >= 4 is 27.1 Å². The summed E-state index contributed by atoms with van der Waals surface area (Å²) in [4.78, 5) is 30.2. The maximum Gasteiger partial charge on any atom is 0.337 e. The molecule has 0 bridgehead atoms. The summed E-state index contributed by atoms with van der Waals surface area (Å²) in [6.45, 7) is 4.01. The molecule has 0 amide bonds. The molecule has 1 atom stereocenters. The topological polar surface area (TPSA) is 151 Å². The van der Waals surface area contributed by atoms with Crippen molar-refractivity contribution in [3.05, 3.63) is 87.6 Å². The van der Waals surface area contributed by atoms with Gasteiger partial charge in [0.15, 0.2) is 0 Å². The minimum absolute atomic E-state index is 0.0147. The Bertz CT molecular complexity index is 1610. The van der Waals surface area contributed by atoms with Gasteiger partial charge in [-0.2, -0.15) is 9.29 Å². The zero-order valence-electron chi connectivity index (χ0n) is 22.0. The maximum absolute atomic E-state index is 14.0. The molecule has 206 valence electrons. The smallest absolute Gasteiger partial charge is 0.337 e. The van der Waals surface area contributed by atoms with Gasteiger partial charge in [-0.1, -0.05) is 42.4 Å². The Hall–Kier alpha value is -3.87. The van der Waals surface area contributed by atoms with E-state index in [4.69, 9.17) is 15.0 Å². The molecule has 39 heavy (non-hydrogen) atoms. The Morgan fingerprint density at radius 3 is 2.46 bits per heavy atom. The summed E-state index contributed by atoms with van der Waals surface area (Å²) in [6.07, 6.45) is 0.687. The van der Waals surface area contributed by atoms with Gasteiger partial charge in [-0.3, -0.25) is 9.36 Å². The molecule has 12 heteroatoms. The Balaban J connectivity index is 1.88. The standard InChI is InChI=1S/C27H31N5O6S/c1-4-22(32(16-8-15-28)39(35,36)21-13-11-20(12-14-21)27(34)37-3)24-29-25-23(18(2)30-38-25)26(33)31(24)17-19-9-6-5-7-10-19/h5-7,9-14,22H,4,8,15-17,28H2,1-3H3. The molecule has 2 aromatic heterocycles. The fraction of sp³-hybridized carbons (Fsp3) is 0.333. The third kappa shape index (κ3) is 5.63. The van der Waals surface area contributed by atoms with Gasteiger partial charge in [-0.05, 0) is 56.1 Å². The van der Waals surface area contributed by atoms with Gasteiger partial charge in [0, 0.05) is 6.54 Å². The van der Waals surface area contributed by atoms with Gasteiger partial charge in [-0.15, -0.1) is 0 Å². The molecular formula is C27H31N5O6S. The molecule has 0 radical (unpaired) electrons. The molecular weight excluding hydrogens is 522 g/mol. The molecule has 2 aromatic carbocycles. The number of aryl methyl sites for hydroxylation is 1. The third-order valence-electron chi connectivity index (χ3n) is 6.48. The molecule has 0 spiro atoms. The van der Waals surface area contributed by atoms with Crippen LogP contribution in [0.4, 0.5) is 0 Å². The van der Waals surface area contributed by atoms with E-state index in [0.717, 1.165) is 5.56 Å². The van der Waals surface area contributed by atoms with Crippen LogP contribution in [0.5, 0.6) is 0 Å². The van der Waals surface area contributed by atoms with E-state index in [0.29, 0.717) is 18.5 Å². The molecule has 4 aromatic rings. The van der Waals surface area contributed by atoms with Gasteiger partial charge < -0.3 is 15.0 Å². The normalized spacial score (nSPS) is 12.6. The Morgan fingerprint density at radius 1 is 1.15 bits per heavy atom. The molecule has 0 fully saturated rings. The first kappa shape index (κ1) is 28.1. The highest BCUT2D eigenvalue weighted by molar-refractivity contribution is 7.89. The van der Waals surface area contributed by atoms with E-state index in [1.54, 1.807) is 6.92 Å². The zero-order chi connectivity index (χ0) is 28.2. The number of methoxy groups -OCH3 is 1. The van der Waals surface area contributed by atoms with E-state index in [2.05, 4.69) is 10.1 Å². The molecule has 11 nitrogen and oxygen atoms in total. The first-order chi connectivity index (χ1) is 18.7. The SMILES string of the molecule is CCC(c1nc2onc(C)c2c(=O)n1Cc1ccccc1)N(CCCN)S(=O)(=O)c1ccc(C(=O)OC)cc1. The molecule has 1 unspecified atom stereocenters. The number of benzene rings is 2. The van der Waals surface area contributed by atoms with Crippen molar-refractivity contribution in [2.24, 2.45) is 5.73 Å². The molecule has 4 rings (SSSR count). The van der Waals surface area contributed by atoms with Crippen molar-refractivity contribution in [1.29, 1.82) is 0 Å². The van der Waals surface area contributed by atoms with E-state index >= 15 is 0 Å². The maximum atomic E-state index is 14.0. The number of esters is 1. The third-order valence-corrected chi connectivity index (χ3v) is 8.40. The lowest BCUT2D eigenvalue weighted by molar-refractivity contribution is 0.0600. The van der Waals surface area contributed by atoms with E-state index in [1.807, 2.05) is 37.3 Å². The number of aromatic nitrogens is 3. The number of nitrogens with two attached hydrogens (primary N) is 1. The number of rotatable bonds is 11. The Kier molecular flexibility index (Phi) is 8.58. The second-order valence-corrected chi connectivity index (χ2v) is 10.9. The summed E-state index contributed by atoms with van der Waals surface area (Å²) >= 11 is 0. The van der Waals surface area contributed by atoms with Crippen molar-refractivity contribution in [2.75, 3.05) is 20.2 Å². The summed E-state index contributed by atoms with van der Waals surface area (Å²) < 4.78 is 40.9. The second kappa shape index (κ2) is 11.9. The van der Waals surface area contributed by atoms with E-state index in [9.17, 15) is 18.0 Å². The summed E-state index contributed by atoms with van der Waals surface area (Å²) in [6, 6.07) is 14.1. The molecule has 0 aliphatic heterocycles. The summed E-state index contributed by atoms with van der Waals surface area (Å²) in [5, 5.41) is 4.16. The van der Waals surface area contributed by atoms with Crippen LogP contribution in [-0.4, -0.2) is 53.6 Å². The van der Waals surface area contributed by atoms with Crippen LogP contribution in [0.3, 0.4) is 0 Å². The quantitative estimate of drug-likeness (QED) is 0.276. The lowest BCUT2D eigenvalue weighted by Gasteiger charge is -2.31. The Labute approximate surface area is 226 Å². The van der Waals surface area contributed by atoms with Crippen molar-refractivity contribution in [3.63, 3.8) is 0 Å². The number of carbonyl (C=O) groups is 1. The van der Waals surface area contributed by atoms with Crippen molar-refractivity contribution < 1.29 is 22.5 Å². The lowest BCUT2D eigenvalue weighted by Crippen LogP contribution is -2.40. The van der Waals surface area contributed by atoms with Crippen molar-refractivity contribution in [3.8, 4) is 0 Å². The minimum Gasteiger partial charge on any atom is -0.465 e. The highest BCUT2D eigenvalue weighted by Gasteiger charge is 2.35. The first-order valence-corrected chi connectivity index (χ1v) is 14.0. The van der Waals surface area contributed by atoms with Gasteiger partial charge >= 0.3 is 5.97 Å². The van der Waals surface area contributed by atoms with Crippen LogP contribution in [-0.2, 0) is 21.3 Å². The fourth-order valence-electron chi connectivity index (χ4n) is 4.48. The molecule has 0 aliphatic carbocycles. The highest BCUT2D eigenvalue weighted by atomic mass is 32.2. The van der Waals surface area contributed by atoms with Crippen LogP contribution in [0.25, 0.3) is 11.1 Å². The minimum atomic E-state index is -4.11. The van der Waals surface area contributed by atoms with Gasteiger partial charge in [0.05, 0.1) is 35.8 Å². The van der Waals surface area contributed by atoms with Crippen LogP contribution in [0.15, 0.2) is 68.8 Å².